The van der Waals surface area contributed by atoms with E-state index in [9.17, 15) is 4.79 Å². The molecule has 3 nitrogen and oxygen atoms in total. The minimum atomic E-state index is -0.184. The van der Waals surface area contributed by atoms with E-state index in [1.54, 1.807) is 0 Å². The van der Waals surface area contributed by atoms with E-state index in [4.69, 9.17) is 11.6 Å². The lowest BCUT2D eigenvalue weighted by atomic mass is 10.0. The van der Waals surface area contributed by atoms with Gasteiger partial charge in [0.1, 0.15) is 0 Å². The van der Waals surface area contributed by atoms with Gasteiger partial charge in [0.05, 0.1) is 6.42 Å². The Morgan fingerprint density at radius 3 is 2.50 bits per heavy atom. The highest BCUT2D eigenvalue weighted by Gasteiger charge is 2.42. The van der Waals surface area contributed by atoms with E-state index in [2.05, 4.69) is 5.43 Å². The summed E-state index contributed by atoms with van der Waals surface area (Å²) in [4.78, 5) is 11.3. The average molecular weight is 238 g/mol. The summed E-state index contributed by atoms with van der Waals surface area (Å²) in [5.41, 5.74) is 3.64. The second kappa shape index (κ2) is 3.91. The van der Waals surface area contributed by atoms with Gasteiger partial charge in [0.25, 0.3) is 5.91 Å². The third-order valence-corrected chi connectivity index (χ3v) is 2.89. The maximum absolute atomic E-state index is 11.3. The van der Waals surface area contributed by atoms with Crippen molar-refractivity contribution in [2.75, 3.05) is 0 Å². The number of carbonyl (C=O) groups excluding carboxylic acids is 1. The van der Waals surface area contributed by atoms with Crippen molar-refractivity contribution in [2.24, 2.45) is 0 Å². The molecule has 0 atom stereocenters. The first-order chi connectivity index (χ1) is 7.47. The van der Waals surface area contributed by atoms with Gasteiger partial charge in [-0.2, -0.15) is 0 Å². The minimum Gasteiger partial charge on any atom is -0.269 e. The number of hydrogen-bond acceptors (Lipinski definition) is 1. The molecule has 1 aliphatic heterocycles. The zero-order valence-electron chi connectivity index (χ0n) is 9.33. The van der Waals surface area contributed by atoms with E-state index in [1.807, 2.05) is 49.0 Å². The first kappa shape index (κ1) is 11.1. The molecule has 0 bridgehead atoms. The van der Waals surface area contributed by atoms with Gasteiger partial charge >= 0.3 is 0 Å². The van der Waals surface area contributed by atoms with Gasteiger partial charge in [-0.3, -0.25) is 4.79 Å². The van der Waals surface area contributed by atoms with Crippen LogP contribution in [0.1, 0.15) is 25.8 Å². The quantitative estimate of drug-likeness (QED) is 0.745. The molecular formula is C12H14ClN2O+. The van der Waals surface area contributed by atoms with E-state index >= 15 is 0 Å². The van der Waals surface area contributed by atoms with Crippen LogP contribution in [0.5, 0.6) is 0 Å². The Kier molecular flexibility index (Phi) is 2.72. The fourth-order valence-corrected chi connectivity index (χ4v) is 1.83. The molecule has 1 N–H and O–H groups in total. The predicted molar refractivity (Wildman–Crippen MR) is 63.7 cm³/mol. The van der Waals surface area contributed by atoms with Gasteiger partial charge in [-0.05, 0) is 24.3 Å². The molecule has 1 aliphatic rings. The van der Waals surface area contributed by atoms with E-state index in [-0.39, 0.29) is 11.4 Å². The monoisotopic (exact) mass is 237 g/mol. The zero-order valence-corrected chi connectivity index (χ0v) is 10.1. The van der Waals surface area contributed by atoms with Crippen molar-refractivity contribution in [3.05, 3.63) is 34.9 Å². The second-order valence-electron chi connectivity index (χ2n) is 4.57. The van der Waals surface area contributed by atoms with Crippen molar-refractivity contribution >= 4 is 23.7 Å². The van der Waals surface area contributed by atoms with Crippen molar-refractivity contribution in [3.8, 4) is 0 Å². The van der Waals surface area contributed by atoms with Crippen LogP contribution in [0.4, 0.5) is 0 Å². The highest BCUT2D eigenvalue weighted by atomic mass is 35.5. The van der Waals surface area contributed by atoms with Crippen molar-refractivity contribution in [1.29, 1.82) is 0 Å². The maximum atomic E-state index is 11.3. The Morgan fingerprint density at radius 2 is 2.00 bits per heavy atom. The molecule has 16 heavy (non-hydrogen) atoms. The lowest BCUT2D eigenvalue weighted by Crippen LogP contribution is -2.36. The van der Waals surface area contributed by atoms with Crippen LogP contribution in [-0.4, -0.2) is 22.3 Å². The lowest BCUT2D eigenvalue weighted by Gasteiger charge is -2.09. The number of halogens is 1. The number of benzene rings is 1. The number of hydrogen-bond donors (Lipinski definition) is 1. The molecule has 0 unspecified atom stereocenters. The van der Waals surface area contributed by atoms with Gasteiger partial charge in [0.2, 0.25) is 6.21 Å². The maximum Gasteiger partial charge on any atom is 0.281 e. The molecule has 1 aromatic rings. The summed E-state index contributed by atoms with van der Waals surface area (Å²) < 4.78 is 1.85. The molecule has 0 spiro atoms. The number of amides is 1. The number of nitrogens with zero attached hydrogens (tertiary/aromatic N) is 1. The number of carbonyl (C=O) groups is 1. The Hall–Kier alpha value is -1.35. The summed E-state index contributed by atoms with van der Waals surface area (Å²) in [6.07, 6.45) is 2.43. The summed E-state index contributed by atoms with van der Waals surface area (Å²) in [5.74, 6) is 0.0511. The SMILES string of the molecule is CC1(C)CC(=O)N/[N+]1=C/c1ccc(Cl)cc1. The largest absolute Gasteiger partial charge is 0.281 e. The highest BCUT2D eigenvalue weighted by molar-refractivity contribution is 6.30. The molecule has 2 rings (SSSR count). The summed E-state index contributed by atoms with van der Waals surface area (Å²) >= 11 is 5.81. The molecule has 1 saturated heterocycles. The van der Waals surface area contributed by atoms with Crippen molar-refractivity contribution < 1.29 is 9.48 Å². The van der Waals surface area contributed by atoms with Crippen LogP contribution < -0.4 is 5.43 Å². The van der Waals surface area contributed by atoms with Crippen LogP contribution in [0.15, 0.2) is 24.3 Å². The van der Waals surface area contributed by atoms with Crippen LogP contribution in [0.3, 0.4) is 0 Å². The standard InChI is InChI=1S/C12H13ClN2O/c1-12(2)7-11(16)14-15(12)8-9-3-5-10(13)6-4-9/h3-6,8H,7H2,1-2H3/p+1/b15-8+. The van der Waals surface area contributed by atoms with Gasteiger partial charge in [0, 0.05) is 24.4 Å². The van der Waals surface area contributed by atoms with Crippen LogP contribution in [-0.2, 0) is 4.79 Å². The van der Waals surface area contributed by atoms with E-state index in [0.29, 0.717) is 11.4 Å². The highest BCUT2D eigenvalue weighted by Crippen LogP contribution is 2.18. The molecule has 1 heterocycles. The van der Waals surface area contributed by atoms with Gasteiger partial charge in [-0.15, -0.1) is 10.1 Å². The molecule has 0 aliphatic carbocycles. The van der Waals surface area contributed by atoms with E-state index < -0.39 is 0 Å². The average Bonchev–Trinajstić information content (AvgIpc) is 2.43. The van der Waals surface area contributed by atoms with Gasteiger partial charge in [0.15, 0.2) is 5.54 Å². The van der Waals surface area contributed by atoms with Gasteiger partial charge in [-0.25, -0.2) is 0 Å². The Morgan fingerprint density at radius 1 is 1.38 bits per heavy atom. The molecule has 0 aromatic heterocycles. The first-order valence-electron chi connectivity index (χ1n) is 5.17. The van der Waals surface area contributed by atoms with Gasteiger partial charge < -0.3 is 0 Å². The van der Waals surface area contributed by atoms with E-state index in [1.165, 1.54) is 0 Å². The van der Waals surface area contributed by atoms with Crippen LogP contribution in [0, 0.1) is 0 Å². The Balaban J connectivity index is 2.31. The molecule has 84 valence electrons. The Bertz CT molecular complexity index is 449. The molecule has 1 fully saturated rings. The van der Waals surface area contributed by atoms with Crippen molar-refractivity contribution in [2.45, 2.75) is 25.8 Å². The summed E-state index contributed by atoms with van der Waals surface area (Å²) in [6, 6.07) is 7.50. The number of nitrogens with one attached hydrogen (secondary N) is 1. The van der Waals surface area contributed by atoms with Crippen LogP contribution >= 0.6 is 11.6 Å². The second-order valence-corrected chi connectivity index (χ2v) is 5.01. The summed E-state index contributed by atoms with van der Waals surface area (Å²) in [6.45, 7) is 4.05. The van der Waals surface area contributed by atoms with Crippen LogP contribution in [0.25, 0.3) is 0 Å². The fraction of sp³-hybridized carbons (Fsp3) is 0.333. The molecule has 0 saturated carbocycles. The zero-order chi connectivity index (χ0) is 11.8. The third-order valence-electron chi connectivity index (χ3n) is 2.64. The van der Waals surface area contributed by atoms with E-state index in [0.717, 1.165) is 5.56 Å². The minimum absolute atomic E-state index is 0.0511. The van der Waals surface area contributed by atoms with Crippen molar-refractivity contribution in [1.82, 2.24) is 5.43 Å². The summed E-state index contributed by atoms with van der Waals surface area (Å²) in [5, 5.41) is 0.710. The normalized spacial score (nSPS) is 21.2. The van der Waals surface area contributed by atoms with Crippen molar-refractivity contribution in [3.63, 3.8) is 0 Å². The number of hydrazine groups is 1. The molecular weight excluding hydrogens is 224 g/mol. The van der Waals surface area contributed by atoms with Crippen LogP contribution in [0.2, 0.25) is 5.02 Å². The molecule has 4 heteroatoms. The molecule has 0 radical (unpaired) electrons. The van der Waals surface area contributed by atoms with Gasteiger partial charge in [-0.1, -0.05) is 11.6 Å². The third kappa shape index (κ3) is 2.25. The number of rotatable bonds is 1. The smallest absolute Gasteiger partial charge is 0.269 e. The topological polar surface area (TPSA) is 32.1 Å². The first-order valence-corrected chi connectivity index (χ1v) is 5.54. The number of hydrazone groups is 1. The fourth-order valence-electron chi connectivity index (χ4n) is 1.71. The summed E-state index contributed by atoms with van der Waals surface area (Å²) in [7, 11) is 0. The molecule has 1 amide bonds. The predicted octanol–water partition coefficient (Wildman–Crippen LogP) is 1.98. The lowest BCUT2D eigenvalue weighted by molar-refractivity contribution is -0.620. The molecule has 1 aromatic carbocycles. The Labute approximate surface area is 99.7 Å².